The highest BCUT2D eigenvalue weighted by molar-refractivity contribution is 6.11. The Morgan fingerprint density at radius 1 is 1.00 bits per heavy atom. The maximum Gasteiger partial charge on any atom is 0.254 e. The van der Waals surface area contributed by atoms with Gasteiger partial charge in [0.2, 0.25) is 5.95 Å². The average molecular weight is 294 g/mol. The molecule has 3 rings (SSSR count). The maximum atomic E-state index is 14.6. The molecule has 1 amide bonds. The Balaban J connectivity index is 2.42. The number of nitrogens with zero attached hydrogens (tertiary/aromatic N) is 2. The number of amides is 1. The lowest BCUT2D eigenvalue weighted by Gasteiger charge is -2.17. The Bertz CT molecular complexity index is 844. The lowest BCUT2D eigenvalue weighted by molar-refractivity contribution is 0.0829. The zero-order chi connectivity index (χ0) is 15.7. The van der Waals surface area contributed by atoms with Crippen LogP contribution in [0.15, 0.2) is 54.6 Å². The Hall–Kier alpha value is -2.75. The quantitative estimate of drug-likeness (QED) is 0.675. The Morgan fingerprint density at radius 2 is 1.64 bits per heavy atom. The van der Waals surface area contributed by atoms with Crippen molar-refractivity contribution < 1.29 is 9.18 Å². The zero-order valence-corrected chi connectivity index (χ0v) is 12.4. The first-order valence-electron chi connectivity index (χ1n) is 6.95. The molecule has 0 saturated carbocycles. The molecule has 2 aromatic carbocycles. The molecule has 1 heterocycles. The highest BCUT2D eigenvalue weighted by Crippen LogP contribution is 2.32. The van der Waals surface area contributed by atoms with Crippen LogP contribution in [0.5, 0.6) is 0 Å². The number of carbonyl (C=O) groups excluding carboxylic acids is 1. The van der Waals surface area contributed by atoms with E-state index in [4.69, 9.17) is 0 Å². The van der Waals surface area contributed by atoms with Crippen molar-refractivity contribution in [2.75, 3.05) is 14.1 Å². The molecule has 3 nitrogen and oxygen atoms in total. The van der Waals surface area contributed by atoms with Crippen LogP contribution in [-0.2, 0) is 0 Å². The second-order valence-corrected chi connectivity index (χ2v) is 5.24. The zero-order valence-electron chi connectivity index (χ0n) is 12.4. The molecule has 0 radical (unpaired) electrons. The first-order chi connectivity index (χ1) is 10.6. The van der Waals surface area contributed by atoms with E-state index in [-0.39, 0.29) is 11.5 Å². The van der Waals surface area contributed by atoms with Gasteiger partial charge in [-0.25, -0.2) is 4.98 Å². The summed E-state index contributed by atoms with van der Waals surface area (Å²) >= 11 is 0. The van der Waals surface area contributed by atoms with Gasteiger partial charge in [0.1, 0.15) is 0 Å². The number of benzene rings is 2. The van der Waals surface area contributed by atoms with Gasteiger partial charge in [0.25, 0.3) is 5.91 Å². The highest BCUT2D eigenvalue weighted by Gasteiger charge is 2.22. The summed E-state index contributed by atoms with van der Waals surface area (Å²) in [4.78, 5) is 18.1. The number of hydrogen-bond donors (Lipinski definition) is 0. The number of para-hydroxylation sites is 1. The van der Waals surface area contributed by atoms with E-state index in [1.165, 1.54) is 4.90 Å². The molecule has 3 aromatic rings. The van der Waals surface area contributed by atoms with Crippen LogP contribution in [0.25, 0.3) is 22.0 Å². The first kappa shape index (κ1) is 14.2. The molecule has 4 heteroatoms. The van der Waals surface area contributed by atoms with Gasteiger partial charge in [0.05, 0.1) is 16.6 Å². The standard InChI is InChI=1S/C18H15FN2O/c1-21(2)18(22)16-13-10-6-7-11-14(13)20-17(19)15(16)12-8-4-3-5-9-12/h3-11H,1-2H3. The largest absolute Gasteiger partial charge is 0.345 e. The molecule has 0 atom stereocenters. The minimum atomic E-state index is -0.630. The molecule has 0 aliphatic carbocycles. The number of halogens is 1. The molecule has 22 heavy (non-hydrogen) atoms. The van der Waals surface area contributed by atoms with Gasteiger partial charge in [-0.2, -0.15) is 4.39 Å². The van der Waals surface area contributed by atoms with Crippen molar-refractivity contribution in [3.63, 3.8) is 0 Å². The van der Waals surface area contributed by atoms with Crippen molar-refractivity contribution in [1.82, 2.24) is 9.88 Å². The molecule has 0 aliphatic rings. The minimum Gasteiger partial charge on any atom is -0.345 e. The normalized spacial score (nSPS) is 10.7. The van der Waals surface area contributed by atoms with Crippen LogP contribution in [0.4, 0.5) is 4.39 Å². The monoisotopic (exact) mass is 294 g/mol. The lowest BCUT2D eigenvalue weighted by Crippen LogP contribution is -2.23. The molecule has 110 valence electrons. The number of rotatable bonds is 2. The van der Waals surface area contributed by atoms with Crippen molar-refractivity contribution in [2.24, 2.45) is 0 Å². The van der Waals surface area contributed by atoms with E-state index < -0.39 is 5.95 Å². The highest BCUT2D eigenvalue weighted by atomic mass is 19.1. The molecule has 1 aromatic heterocycles. The first-order valence-corrected chi connectivity index (χ1v) is 6.95. The Morgan fingerprint density at radius 3 is 2.32 bits per heavy atom. The van der Waals surface area contributed by atoms with E-state index in [0.717, 1.165) is 0 Å². The summed E-state index contributed by atoms with van der Waals surface area (Å²) in [6.45, 7) is 0. The molecule has 0 saturated heterocycles. The van der Waals surface area contributed by atoms with Crippen LogP contribution in [-0.4, -0.2) is 29.9 Å². The van der Waals surface area contributed by atoms with Crippen LogP contribution in [0.1, 0.15) is 10.4 Å². The summed E-state index contributed by atoms with van der Waals surface area (Å²) in [5.41, 5.74) is 1.71. The molecular formula is C18H15FN2O. The fourth-order valence-corrected chi connectivity index (χ4v) is 2.50. The number of carbonyl (C=O) groups is 1. The molecule has 0 aliphatic heterocycles. The molecule has 0 spiro atoms. The fraction of sp³-hybridized carbons (Fsp3) is 0.111. The van der Waals surface area contributed by atoms with E-state index in [2.05, 4.69) is 4.98 Å². The number of aromatic nitrogens is 1. The van der Waals surface area contributed by atoms with E-state index >= 15 is 0 Å². The fourth-order valence-electron chi connectivity index (χ4n) is 2.50. The molecule has 0 bridgehead atoms. The van der Waals surface area contributed by atoms with E-state index in [0.29, 0.717) is 22.0 Å². The van der Waals surface area contributed by atoms with Crippen molar-refractivity contribution in [1.29, 1.82) is 0 Å². The third-order valence-corrected chi connectivity index (χ3v) is 3.53. The second kappa shape index (κ2) is 5.56. The molecule has 0 fully saturated rings. The van der Waals surface area contributed by atoms with Crippen molar-refractivity contribution >= 4 is 16.8 Å². The van der Waals surface area contributed by atoms with Gasteiger partial charge in [-0.3, -0.25) is 4.79 Å². The second-order valence-electron chi connectivity index (χ2n) is 5.24. The lowest BCUT2D eigenvalue weighted by atomic mass is 9.96. The number of hydrogen-bond acceptors (Lipinski definition) is 2. The summed E-state index contributed by atoms with van der Waals surface area (Å²) < 4.78 is 14.6. The number of pyridine rings is 1. The summed E-state index contributed by atoms with van der Waals surface area (Å²) in [5.74, 6) is -0.869. The van der Waals surface area contributed by atoms with Crippen LogP contribution in [0.3, 0.4) is 0 Å². The summed E-state index contributed by atoms with van der Waals surface area (Å²) in [6, 6.07) is 16.1. The van der Waals surface area contributed by atoms with E-state index in [1.807, 2.05) is 24.3 Å². The van der Waals surface area contributed by atoms with Crippen molar-refractivity contribution in [3.8, 4) is 11.1 Å². The Kier molecular flexibility index (Phi) is 3.59. The van der Waals surface area contributed by atoms with E-state index in [9.17, 15) is 9.18 Å². The predicted octanol–water partition coefficient (Wildman–Crippen LogP) is 3.74. The number of fused-ring (bicyclic) bond motifs is 1. The summed E-state index contributed by atoms with van der Waals surface area (Å²) in [5, 5.41) is 0.654. The van der Waals surface area contributed by atoms with Gasteiger partial charge in [-0.05, 0) is 11.6 Å². The van der Waals surface area contributed by atoms with Crippen LogP contribution < -0.4 is 0 Å². The topological polar surface area (TPSA) is 33.2 Å². The predicted molar refractivity (Wildman–Crippen MR) is 85.2 cm³/mol. The summed E-state index contributed by atoms with van der Waals surface area (Å²) in [6.07, 6.45) is 0. The molecular weight excluding hydrogens is 279 g/mol. The van der Waals surface area contributed by atoms with Crippen LogP contribution in [0.2, 0.25) is 0 Å². The summed E-state index contributed by atoms with van der Waals surface area (Å²) in [7, 11) is 3.31. The third-order valence-electron chi connectivity index (χ3n) is 3.53. The van der Waals surface area contributed by atoms with Gasteiger partial charge < -0.3 is 4.90 Å². The van der Waals surface area contributed by atoms with Crippen LogP contribution >= 0.6 is 0 Å². The van der Waals surface area contributed by atoms with Crippen molar-refractivity contribution in [3.05, 3.63) is 66.1 Å². The molecule has 0 N–H and O–H groups in total. The van der Waals surface area contributed by atoms with Gasteiger partial charge in [0, 0.05) is 19.5 Å². The average Bonchev–Trinajstić information content (AvgIpc) is 2.53. The third kappa shape index (κ3) is 2.33. The van der Waals surface area contributed by atoms with Gasteiger partial charge in [-0.1, -0.05) is 48.5 Å². The maximum absolute atomic E-state index is 14.6. The smallest absolute Gasteiger partial charge is 0.254 e. The van der Waals surface area contributed by atoms with Crippen molar-refractivity contribution in [2.45, 2.75) is 0 Å². The van der Waals surface area contributed by atoms with Gasteiger partial charge in [0.15, 0.2) is 0 Å². The van der Waals surface area contributed by atoms with E-state index in [1.54, 1.807) is 44.4 Å². The molecule has 0 unspecified atom stereocenters. The van der Waals surface area contributed by atoms with Crippen LogP contribution in [0, 0.1) is 5.95 Å². The minimum absolute atomic E-state index is 0.239. The Labute approximate surface area is 128 Å². The van der Waals surface area contributed by atoms with Gasteiger partial charge >= 0.3 is 0 Å². The SMILES string of the molecule is CN(C)C(=O)c1c(-c2ccccc2)c(F)nc2ccccc12. The van der Waals surface area contributed by atoms with Gasteiger partial charge in [-0.15, -0.1) is 0 Å².